The Morgan fingerprint density at radius 2 is 1.66 bits per heavy atom. The molecule has 4 N–H and O–H groups in total. The standard InChI is InChI=1S/C34H25ClN6O3/c1-2-31(42)38-29-13-6-7-14-30(29)39-32-27(35)20-36-34(41-32)37-22-15-16-28-25(19-22)26(33(43)40-28)18-21-9-8-12-24(17-21)44-23-10-4-3-5-11-23/h2-20H,1H2,(H,38,42)(H,40,43)(H2,36,37,39,41)/b26-18-. The van der Waals surface area contributed by atoms with Gasteiger partial charge in [-0.3, -0.25) is 9.59 Å². The first-order valence-electron chi connectivity index (χ1n) is 13.5. The summed E-state index contributed by atoms with van der Waals surface area (Å²) in [6.07, 6.45) is 4.49. The van der Waals surface area contributed by atoms with Gasteiger partial charge < -0.3 is 26.0 Å². The van der Waals surface area contributed by atoms with Gasteiger partial charge in [0.05, 0.1) is 17.6 Å². The van der Waals surface area contributed by atoms with Crippen molar-refractivity contribution in [1.29, 1.82) is 0 Å². The fraction of sp³-hybridized carbons (Fsp3) is 0. The number of hydrogen-bond acceptors (Lipinski definition) is 7. The van der Waals surface area contributed by atoms with Gasteiger partial charge in [-0.2, -0.15) is 4.98 Å². The van der Waals surface area contributed by atoms with E-state index in [1.165, 1.54) is 12.3 Å². The number of aromatic nitrogens is 2. The van der Waals surface area contributed by atoms with Crippen LogP contribution in [-0.4, -0.2) is 21.8 Å². The van der Waals surface area contributed by atoms with Crippen LogP contribution in [0.1, 0.15) is 11.1 Å². The van der Waals surface area contributed by atoms with E-state index in [-0.39, 0.29) is 22.8 Å². The molecule has 0 radical (unpaired) electrons. The zero-order valence-electron chi connectivity index (χ0n) is 23.2. The van der Waals surface area contributed by atoms with Crippen molar-refractivity contribution in [3.8, 4) is 11.5 Å². The molecule has 2 heterocycles. The summed E-state index contributed by atoms with van der Waals surface area (Å²) in [7, 11) is 0. The van der Waals surface area contributed by atoms with Gasteiger partial charge in [0.2, 0.25) is 11.9 Å². The number of benzene rings is 4. The number of nitrogens with zero attached hydrogens (tertiary/aromatic N) is 2. The van der Waals surface area contributed by atoms with E-state index in [9.17, 15) is 9.59 Å². The quantitative estimate of drug-likeness (QED) is 0.127. The number of para-hydroxylation sites is 3. The summed E-state index contributed by atoms with van der Waals surface area (Å²) in [4.78, 5) is 33.6. The van der Waals surface area contributed by atoms with Crippen LogP contribution >= 0.6 is 11.6 Å². The Morgan fingerprint density at radius 3 is 2.48 bits per heavy atom. The lowest BCUT2D eigenvalue weighted by atomic mass is 10.0. The molecule has 1 aliphatic heterocycles. The summed E-state index contributed by atoms with van der Waals surface area (Å²) >= 11 is 6.40. The van der Waals surface area contributed by atoms with Crippen molar-refractivity contribution in [2.24, 2.45) is 0 Å². The first-order valence-corrected chi connectivity index (χ1v) is 13.9. The molecule has 0 fully saturated rings. The van der Waals surface area contributed by atoms with E-state index in [2.05, 4.69) is 37.8 Å². The van der Waals surface area contributed by atoms with Gasteiger partial charge in [0.25, 0.3) is 5.91 Å². The normalized spacial score (nSPS) is 12.7. The van der Waals surface area contributed by atoms with Crippen LogP contribution in [0.5, 0.6) is 11.5 Å². The highest BCUT2D eigenvalue weighted by Gasteiger charge is 2.24. The highest BCUT2D eigenvalue weighted by Crippen LogP contribution is 2.36. The third kappa shape index (κ3) is 6.43. The summed E-state index contributed by atoms with van der Waals surface area (Å²) in [5.74, 6) is 1.45. The van der Waals surface area contributed by atoms with E-state index < -0.39 is 0 Å². The number of rotatable bonds is 9. The maximum atomic E-state index is 12.9. The topological polar surface area (TPSA) is 117 Å². The second kappa shape index (κ2) is 12.5. The molecule has 0 aliphatic carbocycles. The average molecular weight is 601 g/mol. The minimum absolute atomic E-state index is 0.206. The molecule has 5 aromatic rings. The number of hydrogen-bond donors (Lipinski definition) is 4. The Morgan fingerprint density at radius 1 is 0.886 bits per heavy atom. The Labute approximate surface area is 258 Å². The maximum absolute atomic E-state index is 12.9. The van der Waals surface area contributed by atoms with E-state index >= 15 is 0 Å². The number of ether oxygens (including phenoxy) is 1. The first kappa shape index (κ1) is 28.2. The molecule has 44 heavy (non-hydrogen) atoms. The van der Waals surface area contributed by atoms with Gasteiger partial charge in [-0.1, -0.05) is 60.6 Å². The predicted molar refractivity (Wildman–Crippen MR) is 175 cm³/mol. The largest absolute Gasteiger partial charge is 0.457 e. The third-order valence-corrected chi connectivity index (χ3v) is 6.85. The first-order chi connectivity index (χ1) is 21.4. The fourth-order valence-corrected chi connectivity index (χ4v) is 4.66. The van der Waals surface area contributed by atoms with Crippen LogP contribution in [0.4, 0.5) is 34.5 Å². The summed E-state index contributed by atoms with van der Waals surface area (Å²) < 4.78 is 5.96. The molecule has 0 unspecified atom stereocenters. The van der Waals surface area contributed by atoms with E-state index in [0.717, 1.165) is 16.9 Å². The molecule has 9 nitrogen and oxygen atoms in total. The van der Waals surface area contributed by atoms with Crippen LogP contribution in [0, 0.1) is 0 Å². The highest BCUT2D eigenvalue weighted by molar-refractivity contribution is 6.35. The Bertz CT molecular complexity index is 1930. The summed E-state index contributed by atoms with van der Waals surface area (Å²) in [5, 5.41) is 12.3. The van der Waals surface area contributed by atoms with Gasteiger partial charge in [0.1, 0.15) is 16.5 Å². The number of amides is 2. The number of nitrogens with one attached hydrogen (secondary N) is 4. The number of fused-ring (bicyclic) bond motifs is 1. The lowest BCUT2D eigenvalue weighted by Gasteiger charge is -2.14. The van der Waals surface area contributed by atoms with Gasteiger partial charge >= 0.3 is 0 Å². The van der Waals surface area contributed by atoms with Gasteiger partial charge in [0, 0.05) is 22.5 Å². The number of carbonyl (C=O) groups excluding carboxylic acids is 2. The fourth-order valence-electron chi connectivity index (χ4n) is 4.52. The molecule has 10 heteroatoms. The van der Waals surface area contributed by atoms with Crippen LogP contribution in [0.25, 0.3) is 11.6 Å². The van der Waals surface area contributed by atoms with E-state index in [1.54, 1.807) is 18.2 Å². The molecule has 0 spiro atoms. The summed E-state index contributed by atoms with van der Waals surface area (Å²) in [6, 6.07) is 29.7. The maximum Gasteiger partial charge on any atom is 0.256 e. The van der Waals surface area contributed by atoms with Crippen LogP contribution in [-0.2, 0) is 9.59 Å². The van der Waals surface area contributed by atoms with Crippen LogP contribution < -0.4 is 26.0 Å². The second-order valence-electron chi connectivity index (χ2n) is 9.64. The minimum atomic E-state index is -0.346. The molecule has 0 atom stereocenters. The van der Waals surface area contributed by atoms with Crippen LogP contribution in [0.3, 0.4) is 0 Å². The smallest absolute Gasteiger partial charge is 0.256 e. The van der Waals surface area contributed by atoms with E-state index in [4.69, 9.17) is 16.3 Å². The van der Waals surface area contributed by atoms with Gasteiger partial charge in [-0.15, -0.1) is 0 Å². The summed E-state index contributed by atoms with van der Waals surface area (Å²) in [5.41, 5.74) is 4.54. The Balaban J connectivity index is 1.23. The monoisotopic (exact) mass is 600 g/mol. The molecular weight excluding hydrogens is 576 g/mol. The minimum Gasteiger partial charge on any atom is -0.457 e. The molecule has 1 aromatic heterocycles. The lowest BCUT2D eigenvalue weighted by molar-refractivity contribution is -0.112. The van der Waals surface area contributed by atoms with Crippen LogP contribution in [0.15, 0.2) is 116 Å². The number of halogens is 1. The van der Waals surface area contributed by atoms with Crippen molar-refractivity contribution >= 4 is 69.6 Å². The molecular formula is C34H25ClN6O3. The average Bonchev–Trinajstić information content (AvgIpc) is 3.34. The molecule has 0 saturated carbocycles. The van der Waals surface area contributed by atoms with Gasteiger partial charge in [0.15, 0.2) is 5.82 Å². The Hall–Kier alpha value is -5.93. The Kier molecular flexibility index (Phi) is 8.02. The molecule has 0 bridgehead atoms. The van der Waals surface area contributed by atoms with Crippen molar-refractivity contribution in [2.45, 2.75) is 0 Å². The van der Waals surface area contributed by atoms with Crippen molar-refractivity contribution < 1.29 is 14.3 Å². The molecule has 2 amide bonds. The lowest BCUT2D eigenvalue weighted by Crippen LogP contribution is -2.09. The van der Waals surface area contributed by atoms with Crippen molar-refractivity contribution in [2.75, 3.05) is 21.3 Å². The molecule has 0 saturated heterocycles. The van der Waals surface area contributed by atoms with E-state index in [1.807, 2.05) is 84.9 Å². The van der Waals surface area contributed by atoms with E-state index in [0.29, 0.717) is 39.9 Å². The van der Waals surface area contributed by atoms with Gasteiger partial charge in [-0.25, -0.2) is 4.98 Å². The number of anilines is 6. The van der Waals surface area contributed by atoms with Crippen molar-refractivity contribution in [1.82, 2.24) is 9.97 Å². The molecule has 1 aliphatic rings. The zero-order valence-corrected chi connectivity index (χ0v) is 23.9. The molecule has 216 valence electrons. The van der Waals surface area contributed by atoms with Crippen molar-refractivity contribution in [3.05, 3.63) is 132 Å². The third-order valence-electron chi connectivity index (χ3n) is 6.57. The van der Waals surface area contributed by atoms with Gasteiger partial charge in [-0.05, 0) is 72.3 Å². The number of carbonyl (C=O) groups is 2. The molecule has 4 aromatic carbocycles. The van der Waals surface area contributed by atoms with Crippen molar-refractivity contribution in [3.63, 3.8) is 0 Å². The predicted octanol–water partition coefficient (Wildman–Crippen LogP) is 8.03. The molecule has 6 rings (SSSR count). The van der Waals surface area contributed by atoms with Crippen LogP contribution in [0.2, 0.25) is 5.02 Å². The highest BCUT2D eigenvalue weighted by atomic mass is 35.5. The SMILES string of the molecule is C=CC(=O)Nc1ccccc1Nc1nc(Nc2ccc3c(c2)/C(=C/c2cccc(Oc4ccccc4)c2)C(=O)N3)ncc1Cl. The summed E-state index contributed by atoms with van der Waals surface area (Å²) in [6.45, 7) is 3.49. The second-order valence-corrected chi connectivity index (χ2v) is 10.0. The zero-order chi connectivity index (χ0) is 30.5.